The van der Waals surface area contributed by atoms with Gasteiger partial charge in [0.15, 0.2) is 0 Å². The Bertz CT molecular complexity index is 131. The predicted molar refractivity (Wildman–Crippen MR) is 65.1 cm³/mol. The highest BCUT2D eigenvalue weighted by atomic mass is 80.0. The molecule has 12 heavy (non-hydrogen) atoms. The molecule has 71 valence electrons. The van der Waals surface area contributed by atoms with E-state index in [1.54, 1.807) is 21.3 Å². The molecule has 0 aliphatic rings. The van der Waals surface area contributed by atoms with Crippen LogP contribution in [0.1, 0.15) is 0 Å². The van der Waals surface area contributed by atoms with E-state index in [1.807, 2.05) is 6.46 Å². The van der Waals surface area contributed by atoms with Crippen molar-refractivity contribution in [2.75, 3.05) is 21.3 Å². The number of rotatable bonds is 5. The zero-order chi connectivity index (χ0) is 9.83. The van der Waals surface area contributed by atoms with Crippen molar-refractivity contribution in [2.45, 2.75) is 0 Å². The van der Waals surface area contributed by atoms with E-state index < -0.39 is 12.5 Å². The van der Waals surface area contributed by atoms with E-state index in [0.717, 1.165) is 0 Å². The first-order valence-corrected chi connectivity index (χ1v) is 13.6. The molecule has 0 spiro atoms. The van der Waals surface area contributed by atoms with Gasteiger partial charge in [0.1, 0.15) is 0 Å². The largest absolute Gasteiger partial charge is 0.437 e. The van der Waals surface area contributed by atoms with Crippen LogP contribution in [0.15, 0.2) is 0 Å². The van der Waals surface area contributed by atoms with Gasteiger partial charge < -0.3 is 13.3 Å². The summed E-state index contributed by atoms with van der Waals surface area (Å²) in [6.07, 6.45) is 0. The molecule has 0 atom stereocenters. The molecule has 0 aliphatic heterocycles. The summed E-state index contributed by atoms with van der Waals surface area (Å²) >= 11 is 10.3. The van der Waals surface area contributed by atoms with Gasteiger partial charge in [0.25, 0.3) is 6.46 Å². The van der Waals surface area contributed by atoms with Crippen molar-refractivity contribution < 1.29 is 13.3 Å². The number of hydrogen-bond donors (Lipinski definition) is 0. The van der Waals surface area contributed by atoms with E-state index in [4.69, 9.17) is 13.3 Å². The van der Waals surface area contributed by atoms with Crippen molar-refractivity contribution in [1.82, 2.24) is 0 Å². The van der Waals surface area contributed by atoms with Crippen molar-refractivity contribution in [3.8, 4) is 0 Å². The third-order valence-electron chi connectivity index (χ3n) is 1.19. The summed E-state index contributed by atoms with van der Waals surface area (Å²) in [5, 5.41) is 0. The van der Waals surface area contributed by atoms with Crippen LogP contribution in [0.25, 0.3) is 0 Å². The minimum atomic E-state index is -2.56. The maximum atomic E-state index is 5.20. The van der Waals surface area contributed by atoms with Gasteiger partial charge in [-0.1, -0.05) is 0 Å². The summed E-state index contributed by atoms with van der Waals surface area (Å²) in [5.41, 5.74) is 0. The van der Waals surface area contributed by atoms with Crippen molar-refractivity contribution >= 4 is 64.8 Å². The molecule has 0 aromatic carbocycles. The van der Waals surface area contributed by atoms with E-state index in [1.165, 1.54) is 0 Å². The van der Waals surface area contributed by atoms with E-state index >= 15 is 0 Å². The second-order valence-electron chi connectivity index (χ2n) is 1.90. The smallest absolute Gasteiger partial charge is 0.383 e. The Morgan fingerprint density at radius 1 is 0.917 bits per heavy atom. The first-order valence-electron chi connectivity index (χ1n) is 2.98. The Morgan fingerprint density at radius 2 is 1.25 bits per heavy atom. The van der Waals surface area contributed by atoms with Crippen LogP contribution in [0.5, 0.6) is 0 Å². The molecule has 0 bridgehead atoms. The van der Waals surface area contributed by atoms with Gasteiger partial charge in [-0.25, -0.2) is 0 Å². The first-order chi connectivity index (χ1) is 5.39. The molecular weight excluding hydrogens is 391 g/mol. The van der Waals surface area contributed by atoms with Gasteiger partial charge in [0, 0.05) is 21.3 Å². The second-order valence-corrected chi connectivity index (χ2v) is 27.4. The molecule has 0 saturated carbocycles. The molecule has 9 heteroatoms. The first kappa shape index (κ1) is 13.8. The van der Waals surface area contributed by atoms with Crippen LogP contribution in [0.4, 0.5) is 0 Å². The molecule has 0 aliphatic carbocycles. The lowest BCUT2D eigenvalue weighted by atomic mass is 10.7. The van der Waals surface area contributed by atoms with Crippen LogP contribution in [0.2, 0.25) is 0 Å². The Morgan fingerprint density at radius 3 is 1.33 bits per heavy atom. The van der Waals surface area contributed by atoms with Crippen LogP contribution in [-0.2, 0) is 13.3 Å². The molecule has 0 aromatic heterocycles. The van der Waals surface area contributed by atoms with E-state index in [0.29, 0.717) is 0 Å². The fourth-order valence-electron chi connectivity index (χ4n) is 0.627. The van der Waals surface area contributed by atoms with Crippen LogP contribution >= 0.6 is 45.9 Å². The summed E-state index contributed by atoms with van der Waals surface area (Å²) < 4.78 is 13.7. The molecule has 3 nitrogen and oxygen atoms in total. The van der Waals surface area contributed by atoms with Crippen molar-refractivity contribution in [2.24, 2.45) is 0 Å². The van der Waals surface area contributed by atoms with Crippen molar-refractivity contribution in [1.29, 1.82) is 0 Å². The lowest BCUT2D eigenvalue weighted by molar-refractivity contribution is 0.149. The van der Waals surface area contributed by atoms with Gasteiger partial charge in [0.05, 0.1) is 0 Å². The normalized spacial score (nSPS) is 13.2. The molecule has 0 unspecified atom stereocenters. The molecule has 0 heterocycles. The topological polar surface area (TPSA) is 27.7 Å². The zero-order valence-electron chi connectivity index (χ0n) is 6.94. The Labute approximate surface area is 98.8 Å². The van der Waals surface area contributed by atoms with Crippen LogP contribution in [0.3, 0.4) is 0 Å². The van der Waals surface area contributed by atoms with Gasteiger partial charge in [-0.2, -0.15) is 0 Å². The van der Waals surface area contributed by atoms with E-state index in [9.17, 15) is 0 Å². The van der Waals surface area contributed by atoms with Crippen molar-refractivity contribution in [3.05, 3.63) is 0 Å². The summed E-state index contributed by atoms with van der Waals surface area (Å²) in [6.45, 7) is 1.90. The van der Waals surface area contributed by atoms with Crippen LogP contribution < -0.4 is 0 Å². The summed E-state index contributed by atoms with van der Waals surface area (Å²) in [7, 11) is 2.16. The van der Waals surface area contributed by atoms with E-state index in [2.05, 4.69) is 45.9 Å². The lowest BCUT2D eigenvalue weighted by Crippen LogP contribution is -2.55. The molecule has 0 saturated heterocycles. The maximum absolute atomic E-state index is 5.20. The standard InChI is InChI=1S/C3H9BBr3O3Si2/c1-8-12(9-2,10-3)4-11(5,6)7/h1-3H3. The number of hydrogen-bond acceptors (Lipinski definition) is 3. The molecule has 0 amide bonds. The van der Waals surface area contributed by atoms with Crippen LogP contribution in [0, 0.1) is 0 Å². The highest BCUT2D eigenvalue weighted by Crippen LogP contribution is 2.28. The lowest BCUT2D eigenvalue weighted by Gasteiger charge is -2.26. The average Bonchev–Trinajstić information content (AvgIpc) is 1.99. The van der Waals surface area contributed by atoms with Crippen LogP contribution in [-0.4, -0.2) is 40.3 Å². The monoisotopic (exact) mass is 397 g/mol. The number of halogens is 3. The molecule has 0 N–H and O–H groups in total. The Kier molecular flexibility index (Phi) is 6.49. The van der Waals surface area contributed by atoms with E-state index in [-0.39, 0.29) is 0 Å². The second kappa shape index (κ2) is 5.64. The molecule has 0 fully saturated rings. The highest BCUT2D eigenvalue weighted by Gasteiger charge is 2.47. The molecule has 1 radical (unpaired) electrons. The highest BCUT2D eigenvalue weighted by molar-refractivity contribution is 9.74. The minimum Gasteiger partial charge on any atom is -0.383 e. The fraction of sp³-hybridized carbons (Fsp3) is 1.00. The summed E-state index contributed by atoms with van der Waals surface area (Å²) in [6, 6.07) is 0. The SMILES string of the molecule is CO[Si]([B][Si](Br)(Br)Br)(OC)OC. The average molecular weight is 400 g/mol. The van der Waals surface area contributed by atoms with Gasteiger partial charge in [-0.3, -0.25) is 0 Å². The predicted octanol–water partition coefficient (Wildman–Crippen LogP) is 1.69. The Balaban J connectivity index is 4.30. The molecular formula is C3H9BBr3O3Si2. The van der Waals surface area contributed by atoms with Gasteiger partial charge >= 0.3 is 8.67 Å². The van der Waals surface area contributed by atoms with Crippen molar-refractivity contribution in [3.63, 3.8) is 0 Å². The third kappa shape index (κ3) is 4.89. The van der Waals surface area contributed by atoms with Gasteiger partial charge in [-0.15, -0.1) is 45.9 Å². The summed E-state index contributed by atoms with van der Waals surface area (Å²) in [4.78, 5) is 0. The third-order valence-corrected chi connectivity index (χ3v) is 11.8. The Hall–Kier alpha value is 1.82. The zero-order valence-corrected chi connectivity index (χ0v) is 13.7. The molecule has 0 rings (SSSR count). The molecule has 0 aromatic rings. The summed E-state index contributed by atoms with van der Waals surface area (Å²) in [5.74, 6) is 0. The van der Waals surface area contributed by atoms with Gasteiger partial charge in [0.2, 0.25) is 3.80 Å². The minimum absolute atomic E-state index is 1.57. The quantitative estimate of drug-likeness (QED) is 0.520. The maximum Gasteiger partial charge on any atom is 0.437 e. The fourth-order valence-corrected chi connectivity index (χ4v) is 11.7. The van der Waals surface area contributed by atoms with Gasteiger partial charge in [-0.05, 0) is 0 Å².